The van der Waals surface area contributed by atoms with Crippen LogP contribution in [0, 0.1) is 0 Å². The lowest BCUT2D eigenvalue weighted by molar-refractivity contribution is -0.0126. The average molecular weight is 295 g/mol. The number of methoxy groups -OCH3 is 1. The molecule has 114 valence electrons. The lowest BCUT2D eigenvalue weighted by Gasteiger charge is -2.23. The molecule has 0 amide bonds. The Labute approximate surface area is 122 Å². The Kier molecular flexibility index (Phi) is 3.71. The molecule has 21 heavy (non-hydrogen) atoms. The molecule has 1 aromatic heterocycles. The maximum atomic E-state index is 13.8. The summed E-state index contributed by atoms with van der Waals surface area (Å²) in [6.45, 7) is 1.13. The molecule has 1 aromatic carbocycles. The van der Waals surface area contributed by atoms with Crippen LogP contribution in [0.3, 0.4) is 0 Å². The summed E-state index contributed by atoms with van der Waals surface area (Å²) in [5, 5.41) is 10.1. The van der Waals surface area contributed by atoms with Crippen molar-refractivity contribution in [1.29, 1.82) is 0 Å². The fraction of sp³-hybridized carbons (Fsp3) is 0.500. The molecule has 0 radical (unpaired) electrons. The van der Waals surface area contributed by atoms with E-state index in [-0.39, 0.29) is 19.4 Å². The summed E-state index contributed by atoms with van der Waals surface area (Å²) in [6.07, 6.45) is 0.0685. The second-order valence-corrected chi connectivity index (χ2v) is 5.61. The minimum Gasteiger partial charge on any atom is -0.392 e. The van der Waals surface area contributed by atoms with Crippen LogP contribution in [0.2, 0.25) is 0 Å². The van der Waals surface area contributed by atoms with Crippen LogP contribution in [-0.4, -0.2) is 29.3 Å². The monoisotopic (exact) mass is 295 g/mol. The molecule has 2 aromatic rings. The number of hydrogen-bond acceptors (Lipinski definition) is 2. The van der Waals surface area contributed by atoms with Gasteiger partial charge in [0.05, 0.1) is 13.2 Å². The first-order chi connectivity index (χ1) is 10.1. The Hall–Kier alpha value is -1.46. The molecule has 0 spiro atoms. The number of aromatic nitrogens is 1. The zero-order chi connectivity index (χ0) is 15.0. The normalized spacial score (nSPS) is 17.1. The third-order valence-corrected chi connectivity index (χ3v) is 4.22. The van der Waals surface area contributed by atoms with Crippen molar-refractivity contribution in [2.75, 3.05) is 13.7 Å². The second kappa shape index (κ2) is 5.39. The fourth-order valence-corrected chi connectivity index (χ4v) is 3.19. The van der Waals surface area contributed by atoms with Crippen molar-refractivity contribution in [2.24, 2.45) is 0 Å². The summed E-state index contributed by atoms with van der Waals surface area (Å²) in [7, 11) is 1.64. The summed E-state index contributed by atoms with van der Waals surface area (Å²) in [5.41, 5.74) is 3.42. The number of hydrogen-bond donors (Lipinski definition) is 1. The largest absolute Gasteiger partial charge is 0.392 e. The van der Waals surface area contributed by atoms with Crippen molar-refractivity contribution in [3.05, 3.63) is 35.0 Å². The number of alkyl halides is 2. The van der Waals surface area contributed by atoms with Gasteiger partial charge in [0.25, 0.3) is 5.92 Å². The van der Waals surface area contributed by atoms with Gasteiger partial charge in [-0.15, -0.1) is 0 Å². The molecular weight excluding hydrogens is 276 g/mol. The van der Waals surface area contributed by atoms with Crippen LogP contribution in [0.5, 0.6) is 0 Å². The Morgan fingerprint density at radius 3 is 2.90 bits per heavy atom. The topological polar surface area (TPSA) is 34.4 Å². The molecule has 0 atom stereocenters. The second-order valence-electron chi connectivity index (χ2n) is 5.61. The first-order valence-electron chi connectivity index (χ1n) is 7.16. The molecule has 1 aliphatic carbocycles. The van der Waals surface area contributed by atoms with Gasteiger partial charge in [-0.05, 0) is 29.7 Å². The van der Waals surface area contributed by atoms with Crippen molar-refractivity contribution < 1.29 is 18.6 Å². The average Bonchev–Trinajstić information content (AvgIpc) is 2.76. The molecule has 1 N–H and O–H groups in total. The van der Waals surface area contributed by atoms with Gasteiger partial charge in [-0.2, -0.15) is 0 Å². The Balaban J connectivity index is 2.17. The van der Waals surface area contributed by atoms with E-state index in [4.69, 9.17) is 4.74 Å². The van der Waals surface area contributed by atoms with E-state index < -0.39 is 5.92 Å². The minimum absolute atomic E-state index is 0.0790. The number of aliphatic hydroxyl groups is 1. The van der Waals surface area contributed by atoms with Gasteiger partial charge in [-0.25, -0.2) is 8.78 Å². The van der Waals surface area contributed by atoms with Gasteiger partial charge < -0.3 is 14.4 Å². The van der Waals surface area contributed by atoms with Crippen LogP contribution in [0.15, 0.2) is 18.2 Å². The first kappa shape index (κ1) is 14.5. The standard InChI is InChI=1S/C16H19F2NO2/c1-21-7-6-19-14-3-2-11(10-20)8-12(14)13-9-16(17,18)5-4-15(13)19/h2-3,8,20H,4-7,9-10H2,1H3. The smallest absolute Gasteiger partial charge is 0.252 e. The van der Waals surface area contributed by atoms with E-state index in [2.05, 4.69) is 4.57 Å². The highest BCUT2D eigenvalue weighted by Crippen LogP contribution is 2.39. The molecule has 0 saturated heterocycles. The number of rotatable bonds is 4. The van der Waals surface area contributed by atoms with E-state index in [0.717, 1.165) is 27.7 Å². The van der Waals surface area contributed by atoms with Gasteiger partial charge in [0.2, 0.25) is 0 Å². The predicted octanol–water partition coefficient (Wildman–Crippen LogP) is 2.90. The number of nitrogens with zero attached hydrogens (tertiary/aromatic N) is 1. The molecule has 0 saturated carbocycles. The van der Waals surface area contributed by atoms with Crippen molar-refractivity contribution in [3.8, 4) is 0 Å². The Morgan fingerprint density at radius 1 is 1.38 bits per heavy atom. The fourth-order valence-electron chi connectivity index (χ4n) is 3.19. The van der Waals surface area contributed by atoms with Crippen LogP contribution in [0.4, 0.5) is 8.78 Å². The molecule has 3 nitrogen and oxygen atoms in total. The highest BCUT2D eigenvalue weighted by Gasteiger charge is 2.37. The molecular formula is C16H19F2NO2. The van der Waals surface area contributed by atoms with Crippen molar-refractivity contribution >= 4 is 10.9 Å². The lowest BCUT2D eigenvalue weighted by atomic mass is 9.92. The highest BCUT2D eigenvalue weighted by molar-refractivity contribution is 5.86. The molecule has 5 heteroatoms. The maximum Gasteiger partial charge on any atom is 0.252 e. The summed E-state index contributed by atoms with van der Waals surface area (Å²) in [4.78, 5) is 0. The molecule has 0 bridgehead atoms. The number of ether oxygens (including phenoxy) is 1. The molecule has 0 aliphatic heterocycles. The summed E-state index contributed by atoms with van der Waals surface area (Å²) in [5.74, 6) is -2.64. The van der Waals surface area contributed by atoms with Gasteiger partial charge >= 0.3 is 0 Å². The number of aliphatic hydroxyl groups excluding tert-OH is 1. The van der Waals surface area contributed by atoms with Gasteiger partial charge in [0.15, 0.2) is 0 Å². The van der Waals surface area contributed by atoms with Crippen LogP contribution < -0.4 is 0 Å². The summed E-state index contributed by atoms with van der Waals surface area (Å²) >= 11 is 0. The molecule has 0 unspecified atom stereocenters. The van der Waals surface area contributed by atoms with Gasteiger partial charge in [-0.3, -0.25) is 0 Å². The molecule has 1 aliphatic rings. The molecule has 1 heterocycles. The van der Waals surface area contributed by atoms with E-state index in [0.29, 0.717) is 19.6 Å². The Bertz CT molecular complexity index is 664. The van der Waals surface area contributed by atoms with Crippen LogP contribution >= 0.6 is 0 Å². The minimum atomic E-state index is -2.64. The van der Waals surface area contributed by atoms with Crippen molar-refractivity contribution in [3.63, 3.8) is 0 Å². The van der Waals surface area contributed by atoms with Gasteiger partial charge in [0.1, 0.15) is 0 Å². The predicted molar refractivity (Wildman–Crippen MR) is 76.7 cm³/mol. The third-order valence-electron chi connectivity index (χ3n) is 4.22. The van der Waals surface area contributed by atoms with E-state index >= 15 is 0 Å². The third kappa shape index (κ3) is 2.56. The van der Waals surface area contributed by atoms with E-state index in [9.17, 15) is 13.9 Å². The van der Waals surface area contributed by atoms with Crippen LogP contribution in [0.25, 0.3) is 10.9 Å². The summed E-state index contributed by atoms with van der Waals surface area (Å²) < 4.78 is 34.8. The van der Waals surface area contributed by atoms with E-state index in [1.807, 2.05) is 18.2 Å². The van der Waals surface area contributed by atoms with Gasteiger partial charge in [-0.1, -0.05) is 6.07 Å². The van der Waals surface area contributed by atoms with E-state index in [1.165, 1.54) is 0 Å². The Morgan fingerprint density at radius 2 is 2.19 bits per heavy atom. The van der Waals surface area contributed by atoms with Gasteiger partial charge in [0, 0.05) is 43.1 Å². The molecule has 0 fully saturated rings. The summed E-state index contributed by atoms with van der Waals surface area (Å²) in [6, 6.07) is 5.58. The van der Waals surface area contributed by atoms with Crippen molar-refractivity contribution in [1.82, 2.24) is 4.57 Å². The number of benzene rings is 1. The SMILES string of the molecule is COCCn1c2c(c3cc(CO)ccc31)CC(F)(F)CC2. The number of halogens is 2. The zero-order valence-corrected chi connectivity index (χ0v) is 12.0. The first-order valence-corrected chi connectivity index (χ1v) is 7.16. The number of fused-ring (bicyclic) bond motifs is 3. The lowest BCUT2D eigenvalue weighted by Crippen LogP contribution is -2.26. The molecule has 3 rings (SSSR count). The highest BCUT2D eigenvalue weighted by atomic mass is 19.3. The van der Waals surface area contributed by atoms with E-state index in [1.54, 1.807) is 7.11 Å². The van der Waals surface area contributed by atoms with Crippen LogP contribution in [0.1, 0.15) is 23.2 Å². The maximum absolute atomic E-state index is 13.8. The quantitative estimate of drug-likeness (QED) is 0.941. The van der Waals surface area contributed by atoms with Crippen molar-refractivity contribution in [2.45, 2.75) is 38.3 Å². The zero-order valence-electron chi connectivity index (χ0n) is 12.0. The van der Waals surface area contributed by atoms with Crippen LogP contribution in [-0.2, 0) is 30.7 Å².